The monoisotopic (exact) mass is 253 g/mol. The predicted octanol–water partition coefficient (Wildman–Crippen LogP) is 2.92. The van der Waals surface area contributed by atoms with Gasteiger partial charge in [0, 0.05) is 38.2 Å². The van der Waals surface area contributed by atoms with Gasteiger partial charge in [-0.3, -0.25) is 0 Å². The predicted molar refractivity (Wildman–Crippen MR) is 82.3 cm³/mol. The van der Waals surface area contributed by atoms with Gasteiger partial charge in [0.1, 0.15) is 0 Å². The van der Waals surface area contributed by atoms with E-state index in [1.165, 1.54) is 22.5 Å². The number of hydrogen-bond acceptors (Lipinski definition) is 3. The molecule has 0 bridgehead atoms. The topological polar surface area (TPSA) is 27.3 Å². The molecule has 0 fully saturated rings. The van der Waals surface area contributed by atoms with Crippen molar-refractivity contribution in [2.24, 2.45) is 0 Å². The van der Waals surface area contributed by atoms with Gasteiger partial charge in [-0.25, -0.2) is 0 Å². The van der Waals surface area contributed by atoms with Crippen LogP contribution in [0.1, 0.15) is 5.56 Å². The Morgan fingerprint density at radius 3 is 2.79 bits per heavy atom. The molecule has 3 nitrogen and oxygen atoms in total. The third-order valence-electron chi connectivity index (χ3n) is 3.63. The third-order valence-corrected chi connectivity index (χ3v) is 3.63. The lowest BCUT2D eigenvalue weighted by Gasteiger charge is -2.29. The second-order valence-electron chi connectivity index (χ2n) is 5.14. The lowest BCUT2D eigenvalue weighted by Crippen LogP contribution is -2.26. The highest BCUT2D eigenvalue weighted by Crippen LogP contribution is 2.32. The minimum Gasteiger partial charge on any atom is -0.388 e. The summed E-state index contributed by atoms with van der Waals surface area (Å²) in [4.78, 5) is 2.13. The molecular formula is C16H19N3. The van der Waals surface area contributed by atoms with E-state index < -0.39 is 0 Å². The van der Waals surface area contributed by atoms with Gasteiger partial charge in [0.25, 0.3) is 0 Å². The summed E-state index contributed by atoms with van der Waals surface area (Å²) >= 11 is 0. The van der Waals surface area contributed by atoms with Crippen LogP contribution in [0.4, 0.5) is 11.4 Å². The zero-order valence-corrected chi connectivity index (χ0v) is 11.6. The molecule has 1 aromatic rings. The van der Waals surface area contributed by atoms with Crippen molar-refractivity contribution in [1.29, 1.82) is 0 Å². The van der Waals surface area contributed by atoms with E-state index in [1.807, 2.05) is 7.05 Å². The number of benzene rings is 1. The maximum Gasteiger partial charge on any atom is 0.0721 e. The first kappa shape index (κ1) is 11.9. The molecule has 3 heteroatoms. The van der Waals surface area contributed by atoms with E-state index in [0.29, 0.717) is 0 Å². The molecule has 0 aromatic heterocycles. The van der Waals surface area contributed by atoms with Crippen molar-refractivity contribution in [3.8, 4) is 0 Å². The molecule has 2 aliphatic rings. The number of likely N-dealkylation sites (N-methyl/N-ethyl adjacent to an activating group) is 1. The maximum absolute atomic E-state index is 3.60. The summed E-state index contributed by atoms with van der Waals surface area (Å²) in [5.41, 5.74) is 6.12. The zero-order valence-electron chi connectivity index (χ0n) is 11.6. The van der Waals surface area contributed by atoms with Gasteiger partial charge in [0.15, 0.2) is 0 Å². The lowest BCUT2D eigenvalue weighted by molar-refractivity contribution is 0.525. The van der Waals surface area contributed by atoms with Crippen molar-refractivity contribution in [2.75, 3.05) is 31.8 Å². The Kier molecular flexibility index (Phi) is 2.82. The molecule has 2 N–H and O–H groups in total. The fourth-order valence-corrected chi connectivity index (χ4v) is 2.48. The van der Waals surface area contributed by atoms with Gasteiger partial charge in [-0.05, 0) is 41.5 Å². The van der Waals surface area contributed by atoms with Gasteiger partial charge in [0.05, 0.1) is 6.04 Å². The standard InChI is InChI=1S/C16H19N3/c1-17-13-6-4-11-8-12-5-7-14(19(2)3)10-16(12)18-15(11)9-13/h4-10,16-18H,1-3H3. The van der Waals surface area contributed by atoms with Gasteiger partial charge in [-0.1, -0.05) is 12.1 Å². The average Bonchev–Trinajstić information content (AvgIpc) is 2.43. The summed E-state index contributed by atoms with van der Waals surface area (Å²) in [5.74, 6) is 0. The number of allylic oxidation sites excluding steroid dienone is 1. The number of nitrogens with zero attached hydrogens (tertiary/aromatic N) is 1. The van der Waals surface area contributed by atoms with Gasteiger partial charge >= 0.3 is 0 Å². The third kappa shape index (κ3) is 2.12. The Morgan fingerprint density at radius 1 is 1.21 bits per heavy atom. The zero-order chi connectivity index (χ0) is 13.4. The van der Waals surface area contributed by atoms with Crippen molar-refractivity contribution < 1.29 is 0 Å². The van der Waals surface area contributed by atoms with Crippen LogP contribution in [0.3, 0.4) is 0 Å². The smallest absolute Gasteiger partial charge is 0.0721 e. The van der Waals surface area contributed by atoms with Crippen LogP contribution in [0.5, 0.6) is 0 Å². The molecule has 0 saturated heterocycles. The van der Waals surface area contributed by atoms with Crippen molar-refractivity contribution in [2.45, 2.75) is 6.04 Å². The second kappa shape index (κ2) is 4.50. The van der Waals surface area contributed by atoms with Gasteiger partial charge in [0.2, 0.25) is 0 Å². The maximum atomic E-state index is 3.60. The van der Waals surface area contributed by atoms with Crippen LogP contribution >= 0.6 is 0 Å². The number of anilines is 2. The summed E-state index contributed by atoms with van der Waals surface area (Å²) in [5, 5.41) is 6.77. The minimum atomic E-state index is 0.266. The summed E-state index contributed by atoms with van der Waals surface area (Å²) < 4.78 is 0. The highest BCUT2D eigenvalue weighted by atomic mass is 15.1. The molecule has 3 rings (SSSR count). The fourth-order valence-electron chi connectivity index (χ4n) is 2.48. The fraction of sp³-hybridized carbons (Fsp3) is 0.250. The Balaban J connectivity index is 1.98. The molecular weight excluding hydrogens is 234 g/mol. The quantitative estimate of drug-likeness (QED) is 0.848. The molecule has 1 aromatic carbocycles. The van der Waals surface area contributed by atoms with Gasteiger partial charge in [-0.15, -0.1) is 0 Å². The largest absolute Gasteiger partial charge is 0.388 e. The summed E-state index contributed by atoms with van der Waals surface area (Å²) in [6, 6.07) is 6.67. The van der Waals surface area contributed by atoms with Gasteiger partial charge < -0.3 is 15.5 Å². The van der Waals surface area contributed by atoms with Crippen molar-refractivity contribution in [1.82, 2.24) is 4.90 Å². The van der Waals surface area contributed by atoms with E-state index in [4.69, 9.17) is 0 Å². The first-order valence-electron chi connectivity index (χ1n) is 6.54. The van der Waals surface area contributed by atoms with Crippen LogP contribution in [0.2, 0.25) is 0 Å². The van der Waals surface area contributed by atoms with Crippen LogP contribution < -0.4 is 10.6 Å². The van der Waals surface area contributed by atoms with E-state index in [0.717, 1.165) is 5.69 Å². The molecule has 1 unspecified atom stereocenters. The molecule has 1 atom stereocenters. The first-order chi connectivity index (χ1) is 9.17. The Hall–Kier alpha value is -2.16. The number of fused-ring (bicyclic) bond motifs is 2. The molecule has 0 radical (unpaired) electrons. The Bertz CT molecular complexity index is 594. The summed E-state index contributed by atoms with van der Waals surface area (Å²) in [6.07, 6.45) is 8.88. The van der Waals surface area contributed by atoms with Crippen LogP contribution in [-0.2, 0) is 0 Å². The van der Waals surface area contributed by atoms with Crippen molar-refractivity contribution in [3.05, 3.63) is 53.3 Å². The Morgan fingerprint density at radius 2 is 2.05 bits per heavy atom. The number of rotatable bonds is 2. The van der Waals surface area contributed by atoms with Crippen LogP contribution in [0.25, 0.3) is 6.08 Å². The van der Waals surface area contributed by atoms with Crippen molar-refractivity contribution >= 4 is 17.5 Å². The lowest BCUT2D eigenvalue weighted by atomic mass is 9.93. The van der Waals surface area contributed by atoms with Crippen LogP contribution in [0.15, 0.2) is 47.7 Å². The highest BCUT2D eigenvalue weighted by Gasteiger charge is 2.20. The number of hydrogen-bond donors (Lipinski definition) is 2. The van der Waals surface area contributed by atoms with E-state index in [9.17, 15) is 0 Å². The molecule has 19 heavy (non-hydrogen) atoms. The highest BCUT2D eigenvalue weighted by molar-refractivity contribution is 5.79. The SMILES string of the molecule is CNc1ccc2c(c1)NC1C=C(N(C)C)C=CC1=C2. The van der Waals surface area contributed by atoms with Crippen LogP contribution in [0, 0.1) is 0 Å². The molecule has 1 aliphatic heterocycles. The average molecular weight is 253 g/mol. The Labute approximate surface area is 114 Å². The van der Waals surface area contributed by atoms with E-state index in [2.05, 4.69) is 72.1 Å². The second-order valence-corrected chi connectivity index (χ2v) is 5.14. The van der Waals surface area contributed by atoms with Crippen molar-refractivity contribution in [3.63, 3.8) is 0 Å². The van der Waals surface area contributed by atoms with E-state index in [1.54, 1.807) is 0 Å². The summed E-state index contributed by atoms with van der Waals surface area (Å²) in [6.45, 7) is 0. The molecule has 98 valence electrons. The van der Waals surface area contributed by atoms with E-state index >= 15 is 0 Å². The molecule has 1 heterocycles. The number of nitrogens with one attached hydrogen (secondary N) is 2. The normalized spacial score (nSPS) is 19.6. The van der Waals surface area contributed by atoms with Crippen LogP contribution in [-0.4, -0.2) is 32.1 Å². The molecule has 1 aliphatic carbocycles. The summed E-state index contributed by atoms with van der Waals surface area (Å²) in [7, 11) is 6.08. The van der Waals surface area contributed by atoms with E-state index in [-0.39, 0.29) is 6.04 Å². The minimum absolute atomic E-state index is 0.266. The molecule has 0 spiro atoms. The molecule has 0 saturated carbocycles. The van der Waals surface area contributed by atoms with Gasteiger partial charge in [-0.2, -0.15) is 0 Å². The first-order valence-corrected chi connectivity index (χ1v) is 6.54. The molecule has 0 amide bonds.